The summed E-state index contributed by atoms with van der Waals surface area (Å²) in [6, 6.07) is 14.3. The molecular weight excluding hydrogens is 264 g/mol. The average Bonchev–Trinajstić information content (AvgIpc) is 2.55. The maximum atomic E-state index is 5.69. The van der Waals surface area contributed by atoms with E-state index in [2.05, 4.69) is 18.2 Å². The van der Waals surface area contributed by atoms with Crippen LogP contribution in [0.3, 0.4) is 0 Å². The third-order valence-corrected chi connectivity index (χ3v) is 3.61. The van der Waals surface area contributed by atoms with E-state index in [1.165, 1.54) is 11.1 Å². The zero-order valence-electron chi connectivity index (χ0n) is 12.3. The topological polar surface area (TPSA) is 27.7 Å². The minimum atomic E-state index is 0.599. The van der Waals surface area contributed by atoms with Gasteiger partial charge in [0, 0.05) is 0 Å². The SMILES string of the molecule is COc1cc2c(cc1OC)/C(=C/c1ccccc1)COC2. The van der Waals surface area contributed by atoms with Crippen LogP contribution in [0.4, 0.5) is 0 Å². The van der Waals surface area contributed by atoms with Crippen LogP contribution in [0.15, 0.2) is 42.5 Å². The number of benzene rings is 2. The van der Waals surface area contributed by atoms with Crippen LogP contribution < -0.4 is 9.47 Å². The quantitative estimate of drug-likeness (QED) is 0.857. The monoisotopic (exact) mass is 282 g/mol. The van der Waals surface area contributed by atoms with Gasteiger partial charge in [0.05, 0.1) is 27.4 Å². The van der Waals surface area contributed by atoms with E-state index in [9.17, 15) is 0 Å². The first-order valence-corrected chi connectivity index (χ1v) is 6.90. The van der Waals surface area contributed by atoms with Gasteiger partial charge < -0.3 is 14.2 Å². The van der Waals surface area contributed by atoms with E-state index in [1.807, 2.05) is 30.3 Å². The molecule has 0 spiro atoms. The van der Waals surface area contributed by atoms with Crippen molar-refractivity contribution in [2.24, 2.45) is 0 Å². The van der Waals surface area contributed by atoms with E-state index in [4.69, 9.17) is 14.2 Å². The van der Waals surface area contributed by atoms with Crippen molar-refractivity contribution in [1.82, 2.24) is 0 Å². The molecule has 0 saturated heterocycles. The lowest BCUT2D eigenvalue weighted by molar-refractivity contribution is 0.146. The van der Waals surface area contributed by atoms with Gasteiger partial charge in [-0.25, -0.2) is 0 Å². The van der Waals surface area contributed by atoms with Crippen molar-refractivity contribution >= 4 is 11.6 Å². The molecule has 0 bridgehead atoms. The normalized spacial score (nSPS) is 15.6. The van der Waals surface area contributed by atoms with Crippen molar-refractivity contribution in [2.75, 3.05) is 20.8 Å². The van der Waals surface area contributed by atoms with Gasteiger partial charge in [0.2, 0.25) is 0 Å². The first-order valence-electron chi connectivity index (χ1n) is 6.90. The summed E-state index contributed by atoms with van der Waals surface area (Å²) in [4.78, 5) is 0. The van der Waals surface area contributed by atoms with Gasteiger partial charge in [-0.05, 0) is 40.5 Å². The molecule has 0 aliphatic carbocycles. The second-order valence-corrected chi connectivity index (χ2v) is 4.94. The van der Waals surface area contributed by atoms with Crippen LogP contribution >= 0.6 is 0 Å². The molecule has 2 aromatic carbocycles. The van der Waals surface area contributed by atoms with E-state index in [1.54, 1.807) is 14.2 Å². The molecule has 1 heterocycles. The molecule has 108 valence electrons. The predicted molar refractivity (Wildman–Crippen MR) is 83.5 cm³/mol. The van der Waals surface area contributed by atoms with Gasteiger partial charge in [-0.2, -0.15) is 0 Å². The molecule has 0 unspecified atom stereocenters. The molecule has 0 amide bonds. The van der Waals surface area contributed by atoms with E-state index in [0.29, 0.717) is 13.2 Å². The van der Waals surface area contributed by atoms with Crippen LogP contribution in [0.5, 0.6) is 11.5 Å². The highest BCUT2D eigenvalue weighted by Gasteiger charge is 2.18. The molecule has 0 atom stereocenters. The van der Waals surface area contributed by atoms with Gasteiger partial charge >= 0.3 is 0 Å². The minimum Gasteiger partial charge on any atom is -0.493 e. The molecule has 2 aromatic rings. The van der Waals surface area contributed by atoms with Crippen LogP contribution in [0.25, 0.3) is 11.6 Å². The molecule has 0 N–H and O–H groups in total. The van der Waals surface area contributed by atoms with Crippen molar-refractivity contribution in [2.45, 2.75) is 6.61 Å². The molecule has 3 heteroatoms. The van der Waals surface area contributed by atoms with Crippen LogP contribution in [0.1, 0.15) is 16.7 Å². The molecule has 21 heavy (non-hydrogen) atoms. The Bertz CT molecular complexity index is 660. The smallest absolute Gasteiger partial charge is 0.161 e. The first kappa shape index (κ1) is 13.7. The third-order valence-electron chi connectivity index (χ3n) is 3.61. The summed E-state index contributed by atoms with van der Waals surface area (Å²) >= 11 is 0. The van der Waals surface area contributed by atoms with Crippen molar-refractivity contribution in [1.29, 1.82) is 0 Å². The highest BCUT2D eigenvalue weighted by atomic mass is 16.5. The Balaban J connectivity index is 2.07. The van der Waals surface area contributed by atoms with E-state index in [-0.39, 0.29) is 0 Å². The van der Waals surface area contributed by atoms with Gasteiger partial charge in [-0.15, -0.1) is 0 Å². The van der Waals surface area contributed by atoms with Gasteiger partial charge in [0.25, 0.3) is 0 Å². The molecule has 0 aromatic heterocycles. The van der Waals surface area contributed by atoms with Crippen molar-refractivity contribution in [3.05, 3.63) is 59.2 Å². The molecule has 3 nitrogen and oxygen atoms in total. The van der Waals surface area contributed by atoms with E-state index in [0.717, 1.165) is 22.6 Å². The number of methoxy groups -OCH3 is 2. The fourth-order valence-electron chi connectivity index (χ4n) is 2.56. The largest absolute Gasteiger partial charge is 0.493 e. The average molecular weight is 282 g/mol. The summed E-state index contributed by atoms with van der Waals surface area (Å²) < 4.78 is 16.5. The highest BCUT2D eigenvalue weighted by molar-refractivity contribution is 5.85. The molecule has 3 rings (SSSR count). The zero-order valence-corrected chi connectivity index (χ0v) is 12.3. The Morgan fingerprint density at radius 2 is 1.67 bits per heavy atom. The lowest BCUT2D eigenvalue weighted by Gasteiger charge is -2.22. The summed E-state index contributed by atoms with van der Waals surface area (Å²) in [7, 11) is 3.30. The van der Waals surface area contributed by atoms with Crippen molar-refractivity contribution in [3.63, 3.8) is 0 Å². The number of fused-ring (bicyclic) bond motifs is 1. The van der Waals surface area contributed by atoms with Gasteiger partial charge in [0.15, 0.2) is 11.5 Å². The minimum absolute atomic E-state index is 0.599. The van der Waals surface area contributed by atoms with Gasteiger partial charge in [-0.1, -0.05) is 30.3 Å². The number of rotatable bonds is 3. The van der Waals surface area contributed by atoms with Crippen molar-refractivity contribution < 1.29 is 14.2 Å². The second-order valence-electron chi connectivity index (χ2n) is 4.94. The highest BCUT2D eigenvalue weighted by Crippen LogP contribution is 2.36. The molecule has 1 aliphatic heterocycles. The van der Waals surface area contributed by atoms with E-state index >= 15 is 0 Å². The Kier molecular flexibility index (Phi) is 3.93. The van der Waals surface area contributed by atoms with Crippen LogP contribution in [-0.4, -0.2) is 20.8 Å². The van der Waals surface area contributed by atoms with E-state index < -0.39 is 0 Å². The Morgan fingerprint density at radius 3 is 2.38 bits per heavy atom. The fourth-order valence-corrected chi connectivity index (χ4v) is 2.56. The van der Waals surface area contributed by atoms with Gasteiger partial charge in [-0.3, -0.25) is 0 Å². The summed E-state index contributed by atoms with van der Waals surface area (Å²) in [6.07, 6.45) is 2.16. The molecular formula is C18H18O3. The summed E-state index contributed by atoms with van der Waals surface area (Å²) in [5, 5.41) is 0. The number of hydrogen-bond acceptors (Lipinski definition) is 3. The van der Waals surface area contributed by atoms with Crippen LogP contribution in [-0.2, 0) is 11.3 Å². The molecule has 0 radical (unpaired) electrons. The predicted octanol–water partition coefficient (Wildman–Crippen LogP) is 3.77. The lowest BCUT2D eigenvalue weighted by Crippen LogP contribution is -2.10. The summed E-state index contributed by atoms with van der Waals surface area (Å²) in [6.45, 7) is 1.21. The lowest BCUT2D eigenvalue weighted by atomic mass is 9.96. The van der Waals surface area contributed by atoms with Crippen LogP contribution in [0, 0.1) is 0 Å². The van der Waals surface area contributed by atoms with Crippen LogP contribution in [0.2, 0.25) is 0 Å². The zero-order chi connectivity index (χ0) is 14.7. The third kappa shape index (κ3) is 2.78. The standard InChI is InChI=1S/C18H18O3/c1-19-17-9-15-12-21-11-14(16(15)10-18(17)20-2)8-13-6-4-3-5-7-13/h3-10H,11-12H2,1-2H3/b14-8+. The first-order chi connectivity index (χ1) is 10.3. The summed E-state index contributed by atoms with van der Waals surface area (Å²) in [5.41, 5.74) is 4.62. The van der Waals surface area contributed by atoms with Gasteiger partial charge in [0.1, 0.15) is 0 Å². The Morgan fingerprint density at radius 1 is 0.952 bits per heavy atom. The second kappa shape index (κ2) is 6.02. The Labute approximate surface area is 124 Å². The van der Waals surface area contributed by atoms with Crippen molar-refractivity contribution in [3.8, 4) is 11.5 Å². The molecule has 1 aliphatic rings. The fraction of sp³-hybridized carbons (Fsp3) is 0.222. The molecule has 0 fully saturated rings. The number of hydrogen-bond donors (Lipinski definition) is 0. The maximum absolute atomic E-state index is 5.69. The molecule has 0 saturated carbocycles. The number of ether oxygens (including phenoxy) is 3. The Hall–Kier alpha value is -2.26. The maximum Gasteiger partial charge on any atom is 0.161 e. The summed E-state index contributed by atoms with van der Waals surface area (Å²) in [5.74, 6) is 1.48.